The fraction of sp³-hybridized carbons (Fsp3) is 0.500. The Hall–Kier alpha value is -2.50. The predicted molar refractivity (Wildman–Crippen MR) is 103 cm³/mol. The lowest BCUT2D eigenvalue weighted by Gasteiger charge is -2.20. The summed E-state index contributed by atoms with van der Waals surface area (Å²) >= 11 is 0. The van der Waals surface area contributed by atoms with E-state index >= 15 is 0 Å². The average molecular weight is 356 g/mol. The summed E-state index contributed by atoms with van der Waals surface area (Å²) in [4.78, 5) is 27.9. The van der Waals surface area contributed by atoms with E-state index in [4.69, 9.17) is 0 Å². The highest BCUT2D eigenvalue weighted by molar-refractivity contribution is 5.79. The van der Waals surface area contributed by atoms with E-state index in [2.05, 4.69) is 34.3 Å². The Morgan fingerprint density at radius 1 is 1.08 bits per heavy atom. The maximum atomic E-state index is 12.6. The second-order valence-corrected chi connectivity index (χ2v) is 6.50. The van der Waals surface area contributed by atoms with Crippen molar-refractivity contribution in [2.24, 2.45) is 5.92 Å². The van der Waals surface area contributed by atoms with Gasteiger partial charge in [-0.05, 0) is 19.3 Å². The van der Waals surface area contributed by atoms with Crippen LogP contribution in [0.25, 0.3) is 11.4 Å². The Labute approximate surface area is 154 Å². The normalized spacial score (nSPS) is 12.2. The van der Waals surface area contributed by atoms with Gasteiger partial charge in [0.05, 0.1) is 6.04 Å². The van der Waals surface area contributed by atoms with Gasteiger partial charge in [0.2, 0.25) is 5.91 Å². The SMILES string of the molecule is CCCC(CCC)C(=O)NC(CC)c1nnc(-c2ccccc2)[nH]c1=O. The van der Waals surface area contributed by atoms with Gasteiger partial charge >= 0.3 is 0 Å². The van der Waals surface area contributed by atoms with Crippen LogP contribution >= 0.6 is 0 Å². The highest BCUT2D eigenvalue weighted by atomic mass is 16.2. The van der Waals surface area contributed by atoms with Crippen molar-refractivity contribution >= 4 is 5.91 Å². The van der Waals surface area contributed by atoms with Crippen LogP contribution in [0.5, 0.6) is 0 Å². The number of nitrogens with one attached hydrogen (secondary N) is 2. The molecule has 26 heavy (non-hydrogen) atoms. The van der Waals surface area contributed by atoms with Crippen LogP contribution in [0.3, 0.4) is 0 Å². The number of nitrogens with zero attached hydrogens (tertiary/aromatic N) is 2. The molecular weight excluding hydrogens is 328 g/mol. The first kappa shape index (κ1) is 19.8. The molecule has 1 aromatic heterocycles. The smallest absolute Gasteiger partial charge is 0.275 e. The molecule has 0 aliphatic rings. The summed E-state index contributed by atoms with van der Waals surface area (Å²) in [5.41, 5.74) is 0.743. The van der Waals surface area contributed by atoms with Gasteiger partial charge < -0.3 is 10.3 Å². The van der Waals surface area contributed by atoms with E-state index < -0.39 is 6.04 Å². The van der Waals surface area contributed by atoms with Crippen molar-refractivity contribution in [1.82, 2.24) is 20.5 Å². The third-order valence-electron chi connectivity index (χ3n) is 4.47. The second-order valence-electron chi connectivity index (χ2n) is 6.50. The molecule has 0 saturated heterocycles. The van der Waals surface area contributed by atoms with Gasteiger partial charge in [-0.2, -0.15) is 0 Å². The van der Waals surface area contributed by atoms with Crippen LogP contribution in [0, 0.1) is 5.92 Å². The molecule has 0 radical (unpaired) electrons. The number of carbonyl (C=O) groups excluding carboxylic acids is 1. The molecule has 0 fully saturated rings. The number of hydrogen-bond acceptors (Lipinski definition) is 4. The number of amides is 1. The minimum absolute atomic E-state index is 0.00566. The van der Waals surface area contributed by atoms with E-state index in [1.54, 1.807) is 0 Å². The molecule has 0 spiro atoms. The topological polar surface area (TPSA) is 87.7 Å². The van der Waals surface area contributed by atoms with E-state index in [0.29, 0.717) is 12.2 Å². The Bertz CT molecular complexity index is 752. The van der Waals surface area contributed by atoms with Crippen LogP contribution in [-0.2, 0) is 4.79 Å². The molecule has 1 unspecified atom stereocenters. The lowest BCUT2D eigenvalue weighted by Crippen LogP contribution is -2.37. The van der Waals surface area contributed by atoms with Crippen LogP contribution in [0.2, 0.25) is 0 Å². The van der Waals surface area contributed by atoms with Crippen molar-refractivity contribution in [2.75, 3.05) is 0 Å². The summed E-state index contributed by atoms with van der Waals surface area (Å²) in [5, 5.41) is 11.3. The van der Waals surface area contributed by atoms with E-state index in [0.717, 1.165) is 31.2 Å². The first-order valence-corrected chi connectivity index (χ1v) is 9.43. The molecule has 1 heterocycles. The van der Waals surface area contributed by atoms with Crippen molar-refractivity contribution in [2.45, 2.75) is 58.9 Å². The Morgan fingerprint density at radius 3 is 2.27 bits per heavy atom. The van der Waals surface area contributed by atoms with E-state index in [1.807, 2.05) is 37.3 Å². The molecule has 1 amide bonds. The van der Waals surface area contributed by atoms with Gasteiger partial charge in [-0.15, -0.1) is 10.2 Å². The molecular formula is C20H28N4O2. The first-order chi connectivity index (χ1) is 12.6. The number of hydrogen-bond donors (Lipinski definition) is 2. The summed E-state index contributed by atoms with van der Waals surface area (Å²) in [6.45, 7) is 6.07. The molecule has 1 aromatic carbocycles. The van der Waals surface area contributed by atoms with Crippen LogP contribution < -0.4 is 10.9 Å². The van der Waals surface area contributed by atoms with Gasteiger partial charge in [0.15, 0.2) is 11.5 Å². The van der Waals surface area contributed by atoms with Crippen LogP contribution in [0.15, 0.2) is 35.1 Å². The fourth-order valence-electron chi connectivity index (χ4n) is 3.06. The maximum Gasteiger partial charge on any atom is 0.275 e. The molecule has 0 aliphatic carbocycles. The third kappa shape index (κ3) is 5.00. The van der Waals surface area contributed by atoms with Gasteiger partial charge in [0.25, 0.3) is 5.56 Å². The molecule has 6 heteroatoms. The lowest BCUT2D eigenvalue weighted by molar-refractivity contribution is -0.126. The summed E-state index contributed by atoms with van der Waals surface area (Å²) in [7, 11) is 0. The number of benzene rings is 1. The van der Waals surface area contributed by atoms with Crippen molar-refractivity contribution in [3.05, 3.63) is 46.4 Å². The van der Waals surface area contributed by atoms with Crippen molar-refractivity contribution < 1.29 is 4.79 Å². The average Bonchev–Trinajstić information content (AvgIpc) is 2.66. The molecule has 2 rings (SSSR count). The highest BCUT2D eigenvalue weighted by Gasteiger charge is 2.23. The predicted octanol–water partition coefficient (Wildman–Crippen LogP) is 3.62. The van der Waals surface area contributed by atoms with Crippen LogP contribution in [0.4, 0.5) is 0 Å². The number of rotatable bonds is 9. The molecule has 0 saturated carbocycles. The molecule has 0 bridgehead atoms. The largest absolute Gasteiger partial charge is 0.347 e. The summed E-state index contributed by atoms with van der Waals surface area (Å²) in [6.07, 6.45) is 4.21. The zero-order chi connectivity index (χ0) is 18.9. The lowest BCUT2D eigenvalue weighted by atomic mass is 9.96. The van der Waals surface area contributed by atoms with Gasteiger partial charge in [-0.3, -0.25) is 9.59 Å². The summed E-state index contributed by atoms with van der Waals surface area (Å²) < 4.78 is 0. The standard InChI is InChI=1S/C20H28N4O2/c1-4-10-15(11-5-2)19(25)21-16(6-3)17-20(26)22-18(24-23-17)14-12-8-7-9-13-14/h7-9,12-13,15-16H,4-6,10-11H2,1-3H3,(H,21,25)(H,22,24,26). The fourth-order valence-corrected chi connectivity index (χ4v) is 3.06. The molecule has 6 nitrogen and oxygen atoms in total. The van der Waals surface area contributed by atoms with E-state index in [1.165, 1.54) is 0 Å². The Morgan fingerprint density at radius 2 is 1.73 bits per heavy atom. The summed E-state index contributed by atoms with van der Waals surface area (Å²) in [5.74, 6) is 0.402. The minimum Gasteiger partial charge on any atom is -0.347 e. The van der Waals surface area contributed by atoms with Crippen molar-refractivity contribution in [1.29, 1.82) is 0 Å². The van der Waals surface area contributed by atoms with Crippen molar-refractivity contribution in [3.8, 4) is 11.4 Å². The molecule has 2 aromatic rings. The Balaban J connectivity index is 2.19. The zero-order valence-corrected chi connectivity index (χ0v) is 15.8. The first-order valence-electron chi connectivity index (χ1n) is 9.43. The molecule has 140 valence electrons. The maximum absolute atomic E-state index is 12.6. The number of aromatic amines is 1. The number of aromatic nitrogens is 3. The number of carbonyl (C=O) groups is 1. The van der Waals surface area contributed by atoms with E-state index in [-0.39, 0.29) is 23.1 Å². The Kier molecular flexibility index (Phi) is 7.51. The number of H-pyrrole nitrogens is 1. The van der Waals surface area contributed by atoms with Crippen molar-refractivity contribution in [3.63, 3.8) is 0 Å². The zero-order valence-electron chi connectivity index (χ0n) is 15.8. The molecule has 0 aliphatic heterocycles. The minimum atomic E-state index is -0.431. The van der Waals surface area contributed by atoms with Gasteiger partial charge in [-0.1, -0.05) is 63.9 Å². The molecule has 2 N–H and O–H groups in total. The van der Waals surface area contributed by atoms with Gasteiger partial charge in [-0.25, -0.2) is 0 Å². The quantitative estimate of drug-likeness (QED) is 0.718. The third-order valence-corrected chi connectivity index (χ3v) is 4.47. The van der Waals surface area contributed by atoms with Gasteiger partial charge in [0.1, 0.15) is 0 Å². The van der Waals surface area contributed by atoms with E-state index in [9.17, 15) is 9.59 Å². The van der Waals surface area contributed by atoms with Crippen LogP contribution in [0.1, 0.15) is 64.6 Å². The monoisotopic (exact) mass is 356 g/mol. The summed E-state index contributed by atoms with van der Waals surface area (Å²) in [6, 6.07) is 8.94. The highest BCUT2D eigenvalue weighted by Crippen LogP contribution is 2.18. The van der Waals surface area contributed by atoms with Gasteiger partial charge in [0, 0.05) is 11.5 Å². The second kappa shape index (κ2) is 9.85. The molecule has 1 atom stereocenters. The van der Waals surface area contributed by atoms with Crippen LogP contribution in [-0.4, -0.2) is 21.1 Å².